The molecule has 0 aliphatic heterocycles. The molecule has 2 heterocycles. The van der Waals surface area contributed by atoms with Crippen LogP contribution < -0.4 is 15.6 Å². The number of carbonyl (C=O) groups excluding carboxylic acids is 1. The number of nitrogens with zero attached hydrogens (tertiary/aromatic N) is 3. The lowest BCUT2D eigenvalue weighted by Crippen LogP contribution is -2.32. The van der Waals surface area contributed by atoms with Crippen molar-refractivity contribution < 1.29 is 13.2 Å². The van der Waals surface area contributed by atoms with Crippen LogP contribution in [0.5, 0.6) is 0 Å². The fourth-order valence-electron chi connectivity index (χ4n) is 2.55. The molecule has 134 valence electrons. The number of nitrogens with one attached hydrogen (secondary N) is 2. The molecular weight excluding hydrogens is 366 g/mol. The topological polar surface area (TPSA) is 123 Å². The highest BCUT2D eigenvalue weighted by Gasteiger charge is 2.19. The molecule has 2 N–H and O–H groups in total. The highest BCUT2D eigenvalue weighted by atomic mass is 32.2. The van der Waals surface area contributed by atoms with Crippen molar-refractivity contribution in [3.05, 3.63) is 33.9 Å². The van der Waals surface area contributed by atoms with Crippen LogP contribution in [-0.4, -0.2) is 35.6 Å². The van der Waals surface area contributed by atoms with Crippen molar-refractivity contribution in [1.82, 2.24) is 19.5 Å². The van der Waals surface area contributed by atoms with Crippen LogP contribution in [0.3, 0.4) is 0 Å². The molecule has 1 aliphatic rings. The highest BCUT2D eigenvalue weighted by molar-refractivity contribution is 7.91. The maximum absolute atomic E-state index is 12.2. The summed E-state index contributed by atoms with van der Waals surface area (Å²) in [4.78, 5) is 26.8. The van der Waals surface area contributed by atoms with E-state index >= 15 is 0 Å². The van der Waals surface area contributed by atoms with Gasteiger partial charge >= 0.3 is 0 Å². The molecule has 2 aromatic heterocycles. The van der Waals surface area contributed by atoms with Crippen LogP contribution in [0, 0.1) is 0 Å². The molecule has 0 spiro atoms. The number of fused-ring (bicyclic) bond motifs is 1. The summed E-state index contributed by atoms with van der Waals surface area (Å²) in [5, 5.41) is 6.94. The Morgan fingerprint density at radius 3 is 2.96 bits per heavy atom. The summed E-state index contributed by atoms with van der Waals surface area (Å²) in [6.07, 6.45) is 3.87. The number of carbonyl (C=O) groups is 1. The predicted octanol–water partition coefficient (Wildman–Crippen LogP) is 0.125. The van der Waals surface area contributed by atoms with Crippen LogP contribution in [0.25, 0.3) is 0 Å². The molecule has 1 amide bonds. The third-order valence-corrected chi connectivity index (χ3v) is 6.51. The maximum atomic E-state index is 12.2. The second kappa shape index (κ2) is 7.02. The van der Waals surface area contributed by atoms with E-state index in [4.69, 9.17) is 0 Å². The minimum absolute atomic E-state index is 0.00879. The lowest BCUT2D eigenvalue weighted by Gasteiger charge is -2.08. The Morgan fingerprint density at radius 1 is 1.40 bits per heavy atom. The van der Waals surface area contributed by atoms with Crippen molar-refractivity contribution in [1.29, 1.82) is 0 Å². The Bertz CT molecular complexity index is 964. The van der Waals surface area contributed by atoms with Crippen LogP contribution in [-0.2, 0) is 34.2 Å². The zero-order valence-corrected chi connectivity index (χ0v) is 15.1. The van der Waals surface area contributed by atoms with Gasteiger partial charge in [-0.2, -0.15) is 5.10 Å². The molecule has 2 aromatic rings. The molecular formula is C14H17N5O4S2. The first kappa shape index (κ1) is 17.7. The van der Waals surface area contributed by atoms with Gasteiger partial charge in [-0.3, -0.25) is 9.59 Å². The smallest absolute Gasteiger partial charge is 0.267 e. The minimum Gasteiger partial charge on any atom is -0.302 e. The van der Waals surface area contributed by atoms with Crippen LogP contribution in [0.4, 0.5) is 5.13 Å². The van der Waals surface area contributed by atoms with Crippen LogP contribution >= 0.6 is 11.3 Å². The number of hydrogen-bond donors (Lipinski definition) is 2. The fourth-order valence-corrected chi connectivity index (χ4v) is 4.69. The lowest BCUT2D eigenvalue weighted by atomic mass is 10.2. The SMILES string of the molecule is CC(=O)Nc1ncc(S(=O)(=O)NCCn2nc3c(cc2=O)CCC3)s1. The minimum atomic E-state index is -3.76. The first-order valence-corrected chi connectivity index (χ1v) is 9.98. The van der Waals surface area contributed by atoms with E-state index in [0.717, 1.165) is 41.9 Å². The molecule has 0 saturated heterocycles. The number of anilines is 1. The molecule has 0 aromatic carbocycles. The molecule has 11 heteroatoms. The Kier molecular flexibility index (Phi) is 4.97. The Hall–Kier alpha value is -2.11. The second-order valence-electron chi connectivity index (χ2n) is 5.59. The molecule has 0 fully saturated rings. The standard InChI is InChI=1S/C14H17N5O4S2/c1-9(20)17-14-15-8-13(24-14)25(22,23)16-5-6-19-12(21)7-10-3-2-4-11(10)18-19/h7-8,16H,2-6H2,1H3,(H,15,17,20). The van der Waals surface area contributed by atoms with Gasteiger partial charge < -0.3 is 5.32 Å². The van der Waals surface area contributed by atoms with E-state index in [-0.39, 0.29) is 33.9 Å². The zero-order chi connectivity index (χ0) is 18.0. The maximum Gasteiger partial charge on any atom is 0.267 e. The molecule has 0 saturated carbocycles. The number of aromatic nitrogens is 3. The Balaban J connectivity index is 1.64. The number of thiazole rings is 1. The number of hydrogen-bond acceptors (Lipinski definition) is 7. The van der Waals surface area contributed by atoms with Crippen LogP contribution in [0.2, 0.25) is 0 Å². The number of amides is 1. The summed E-state index contributed by atoms with van der Waals surface area (Å²) < 4.78 is 28.2. The monoisotopic (exact) mass is 383 g/mol. The summed E-state index contributed by atoms with van der Waals surface area (Å²) in [6, 6.07) is 1.58. The quantitative estimate of drug-likeness (QED) is 0.731. The van der Waals surface area contributed by atoms with Crippen LogP contribution in [0.15, 0.2) is 21.3 Å². The number of sulfonamides is 1. The molecule has 0 bridgehead atoms. The van der Waals surface area contributed by atoms with Crippen molar-refractivity contribution in [3.63, 3.8) is 0 Å². The molecule has 0 unspecified atom stereocenters. The summed E-state index contributed by atoms with van der Waals surface area (Å²) in [5.74, 6) is -0.326. The van der Waals surface area contributed by atoms with E-state index in [0.29, 0.717) is 0 Å². The van der Waals surface area contributed by atoms with E-state index in [1.165, 1.54) is 17.8 Å². The van der Waals surface area contributed by atoms with Crippen molar-refractivity contribution in [3.8, 4) is 0 Å². The second-order valence-corrected chi connectivity index (χ2v) is 8.62. The van der Waals surface area contributed by atoms with Gasteiger partial charge in [0.05, 0.1) is 18.4 Å². The van der Waals surface area contributed by atoms with Gasteiger partial charge in [0, 0.05) is 19.5 Å². The number of aryl methyl sites for hydroxylation is 2. The normalized spacial score (nSPS) is 13.6. The van der Waals surface area contributed by atoms with Gasteiger partial charge in [-0.25, -0.2) is 22.8 Å². The first-order valence-electron chi connectivity index (χ1n) is 7.68. The van der Waals surface area contributed by atoms with Gasteiger partial charge in [-0.05, 0) is 24.8 Å². The van der Waals surface area contributed by atoms with Crippen molar-refractivity contribution >= 4 is 32.4 Å². The van der Waals surface area contributed by atoms with Crippen LogP contribution in [0.1, 0.15) is 24.6 Å². The summed E-state index contributed by atoms with van der Waals surface area (Å²) >= 11 is 0.856. The van der Waals surface area contributed by atoms with E-state index in [2.05, 4.69) is 20.1 Å². The molecule has 0 atom stereocenters. The average molecular weight is 383 g/mol. The fraction of sp³-hybridized carbons (Fsp3) is 0.429. The highest BCUT2D eigenvalue weighted by Crippen LogP contribution is 2.22. The summed E-state index contributed by atoms with van der Waals surface area (Å²) in [6.45, 7) is 1.49. The van der Waals surface area contributed by atoms with Crippen molar-refractivity contribution in [2.75, 3.05) is 11.9 Å². The Morgan fingerprint density at radius 2 is 2.20 bits per heavy atom. The summed E-state index contributed by atoms with van der Waals surface area (Å²) in [5.41, 5.74) is 1.66. The molecule has 0 radical (unpaired) electrons. The summed E-state index contributed by atoms with van der Waals surface area (Å²) in [7, 11) is -3.76. The van der Waals surface area contributed by atoms with E-state index < -0.39 is 10.0 Å². The molecule has 25 heavy (non-hydrogen) atoms. The third-order valence-electron chi connectivity index (χ3n) is 3.67. The van der Waals surface area contributed by atoms with Gasteiger partial charge in [0.2, 0.25) is 5.91 Å². The lowest BCUT2D eigenvalue weighted by molar-refractivity contribution is -0.114. The van der Waals surface area contributed by atoms with Gasteiger partial charge in [0.1, 0.15) is 0 Å². The van der Waals surface area contributed by atoms with E-state index in [1.54, 1.807) is 6.07 Å². The van der Waals surface area contributed by atoms with Gasteiger partial charge in [0.25, 0.3) is 15.6 Å². The first-order chi connectivity index (χ1) is 11.8. The molecule has 9 nitrogen and oxygen atoms in total. The average Bonchev–Trinajstić information content (AvgIpc) is 3.16. The Labute approximate surface area is 148 Å². The van der Waals surface area contributed by atoms with Gasteiger partial charge in [0.15, 0.2) is 9.34 Å². The zero-order valence-electron chi connectivity index (χ0n) is 13.5. The molecule has 3 rings (SSSR count). The molecule has 1 aliphatic carbocycles. The van der Waals surface area contributed by atoms with E-state index in [9.17, 15) is 18.0 Å². The van der Waals surface area contributed by atoms with Gasteiger partial charge in [-0.1, -0.05) is 11.3 Å². The van der Waals surface area contributed by atoms with Crippen molar-refractivity contribution in [2.45, 2.75) is 36.9 Å². The van der Waals surface area contributed by atoms with Crippen molar-refractivity contribution in [2.24, 2.45) is 0 Å². The third kappa shape index (κ3) is 4.11. The van der Waals surface area contributed by atoms with Gasteiger partial charge in [-0.15, -0.1) is 0 Å². The predicted molar refractivity (Wildman–Crippen MR) is 92.1 cm³/mol. The largest absolute Gasteiger partial charge is 0.302 e. The number of rotatable bonds is 6. The van der Waals surface area contributed by atoms with E-state index in [1.807, 2.05) is 0 Å².